The predicted octanol–water partition coefficient (Wildman–Crippen LogP) is 10.3. The van der Waals surface area contributed by atoms with E-state index in [1.165, 1.54) is 72.3 Å². The average molecular weight is 702 g/mol. The molecular formula is C51H47N3. The number of benzene rings is 6. The van der Waals surface area contributed by atoms with Crippen molar-refractivity contribution in [2.45, 2.75) is 56.7 Å². The zero-order chi connectivity index (χ0) is 35.8. The van der Waals surface area contributed by atoms with Gasteiger partial charge in [-0.2, -0.15) is 0 Å². The summed E-state index contributed by atoms with van der Waals surface area (Å²) in [4.78, 5) is 7.90. The number of rotatable bonds is 2. The first-order chi connectivity index (χ1) is 26.5. The number of hydrogen-bond donors (Lipinski definition) is 0. The maximum absolute atomic E-state index is 2.68. The van der Waals surface area contributed by atoms with Gasteiger partial charge in [0.2, 0.25) is 0 Å². The van der Waals surface area contributed by atoms with E-state index in [2.05, 4.69) is 139 Å². The zero-order valence-electron chi connectivity index (χ0n) is 31.8. The van der Waals surface area contributed by atoms with Crippen molar-refractivity contribution in [1.29, 1.82) is 0 Å². The monoisotopic (exact) mass is 701 g/mol. The van der Waals surface area contributed by atoms with Crippen LogP contribution in [0, 0.1) is 0 Å². The third-order valence-corrected chi connectivity index (χ3v) is 14.6. The van der Waals surface area contributed by atoms with E-state index >= 15 is 0 Å². The normalized spacial score (nSPS) is 22.0. The second-order valence-electron chi connectivity index (χ2n) is 17.2. The van der Waals surface area contributed by atoms with Crippen LogP contribution in [-0.4, -0.2) is 55.5 Å². The van der Waals surface area contributed by atoms with Gasteiger partial charge in [0.05, 0.1) is 0 Å². The Morgan fingerprint density at radius 3 is 1.28 bits per heavy atom. The SMILES string of the molecule is CN1CCc2ccc(-c3cc4c5c(c3-c3ccc6c7c3-c3ccccc3CC7N(C)CC6)-c3ccccc3CC5N(C)CC4)c3c2C1Cc1ccccc1-3. The van der Waals surface area contributed by atoms with E-state index in [0.717, 1.165) is 58.2 Å². The summed E-state index contributed by atoms with van der Waals surface area (Å²) in [7, 11) is 7.06. The lowest BCUT2D eigenvalue weighted by Gasteiger charge is -2.43. The summed E-state index contributed by atoms with van der Waals surface area (Å²) in [5.41, 5.74) is 28.3. The van der Waals surface area contributed by atoms with Crippen molar-refractivity contribution < 1.29 is 0 Å². The van der Waals surface area contributed by atoms with E-state index in [-0.39, 0.29) is 0 Å². The first kappa shape index (κ1) is 31.5. The molecule has 3 unspecified atom stereocenters. The lowest BCUT2D eigenvalue weighted by molar-refractivity contribution is 0.228. The first-order valence-electron chi connectivity index (χ1n) is 20.4. The molecule has 0 saturated heterocycles. The van der Waals surface area contributed by atoms with Crippen LogP contribution in [0.1, 0.15) is 68.2 Å². The van der Waals surface area contributed by atoms with E-state index in [1.54, 1.807) is 33.4 Å². The van der Waals surface area contributed by atoms with E-state index in [4.69, 9.17) is 0 Å². The molecule has 6 aromatic carbocycles. The van der Waals surface area contributed by atoms with Crippen LogP contribution >= 0.6 is 0 Å². The van der Waals surface area contributed by atoms with Crippen LogP contribution in [0.5, 0.6) is 0 Å². The van der Waals surface area contributed by atoms with E-state index < -0.39 is 0 Å². The Balaban J connectivity index is 1.26. The number of fused-ring (bicyclic) bond motifs is 6. The van der Waals surface area contributed by atoms with Crippen molar-refractivity contribution in [3.05, 3.63) is 153 Å². The van der Waals surface area contributed by atoms with Crippen molar-refractivity contribution in [1.82, 2.24) is 14.7 Å². The Morgan fingerprint density at radius 1 is 0.352 bits per heavy atom. The van der Waals surface area contributed by atoms with Crippen molar-refractivity contribution in [3.8, 4) is 55.6 Å². The van der Waals surface area contributed by atoms with E-state index in [9.17, 15) is 0 Å². The molecule has 266 valence electrons. The maximum atomic E-state index is 2.68. The minimum Gasteiger partial charge on any atom is -0.299 e. The molecule has 0 aromatic heterocycles. The molecule has 0 spiro atoms. The molecule has 0 radical (unpaired) electrons. The van der Waals surface area contributed by atoms with Crippen LogP contribution in [0.4, 0.5) is 0 Å². The highest BCUT2D eigenvalue weighted by Crippen LogP contribution is 2.58. The Kier molecular flexibility index (Phi) is 6.78. The second-order valence-corrected chi connectivity index (χ2v) is 17.2. The molecule has 3 heterocycles. The number of hydrogen-bond acceptors (Lipinski definition) is 3. The minimum absolute atomic E-state index is 0.382. The molecule has 3 aliphatic heterocycles. The van der Waals surface area contributed by atoms with Gasteiger partial charge in [0.15, 0.2) is 0 Å². The van der Waals surface area contributed by atoms with Gasteiger partial charge in [0.25, 0.3) is 0 Å². The molecule has 3 aliphatic carbocycles. The third-order valence-electron chi connectivity index (χ3n) is 14.6. The molecule has 12 rings (SSSR count). The Morgan fingerprint density at radius 2 is 0.759 bits per heavy atom. The summed E-state index contributed by atoms with van der Waals surface area (Å²) in [6.45, 7) is 3.32. The lowest BCUT2D eigenvalue weighted by Crippen LogP contribution is -2.36. The largest absolute Gasteiger partial charge is 0.299 e. The van der Waals surface area contributed by atoms with Gasteiger partial charge in [-0.05, 0) is 165 Å². The molecule has 6 aromatic rings. The molecule has 6 aliphatic rings. The van der Waals surface area contributed by atoms with Crippen LogP contribution in [-0.2, 0) is 38.5 Å². The van der Waals surface area contributed by atoms with Gasteiger partial charge in [-0.15, -0.1) is 0 Å². The maximum Gasteiger partial charge on any atom is 0.0394 e. The molecule has 0 N–H and O–H groups in total. The van der Waals surface area contributed by atoms with Gasteiger partial charge < -0.3 is 0 Å². The lowest BCUT2D eigenvalue weighted by atomic mass is 9.68. The fourth-order valence-electron chi connectivity index (χ4n) is 11.9. The van der Waals surface area contributed by atoms with Crippen LogP contribution in [0.3, 0.4) is 0 Å². The molecule has 3 nitrogen and oxygen atoms in total. The highest BCUT2D eigenvalue weighted by molar-refractivity contribution is 6.06. The summed E-state index contributed by atoms with van der Waals surface area (Å²) in [6, 6.07) is 42.1. The summed E-state index contributed by atoms with van der Waals surface area (Å²) >= 11 is 0. The third kappa shape index (κ3) is 4.29. The summed E-state index contributed by atoms with van der Waals surface area (Å²) in [6.07, 6.45) is 6.54. The second kappa shape index (κ2) is 11.6. The fourth-order valence-corrected chi connectivity index (χ4v) is 11.9. The van der Waals surface area contributed by atoms with Crippen LogP contribution in [0.15, 0.2) is 103 Å². The smallest absolute Gasteiger partial charge is 0.0394 e. The van der Waals surface area contributed by atoms with E-state index in [0.29, 0.717) is 18.1 Å². The molecule has 0 fully saturated rings. The summed E-state index contributed by atoms with van der Waals surface area (Å²) < 4.78 is 0. The quantitative estimate of drug-likeness (QED) is 0.178. The van der Waals surface area contributed by atoms with Crippen LogP contribution in [0.25, 0.3) is 55.6 Å². The predicted molar refractivity (Wildman–Crippen MR) is 222 cm³/mol. The minimum atomic E-state index is 0.382. The van der Waals surface area contributed by atoms with E-state index in [1.807, 2.05) is 0 Å². The molecule has 3 heteroatoms. The number of likely N-dealkylation sites (N-methyl/N-ethyl adjacent to an activating group) is 3. The molecule has 0 amide bonds. The Hall–Kier alpha value is -4.80. The summed E-state index contributed by atoms with van der Waals surface area (Å²) in [5.74, 6) is 0. The molecule has 3 atom stereocenters. The van der Waals surface area contributed by atoms with Crippen molar-refractivity contribution in [2.75, 3.05) is 40.8 Å². The van der Waals surface area contributed by atoms with Gasteiger partial charge in [0.1, 0.15) is 0 Å². The Bertz CT molecular complexity index is 2580. The van der Waals surface area contributed by atoms with Crippen LogP contribution < -0.4 is 0 Å². The van der Waals surface area contributed by atoms with Crippen molar-refractivity contribution in [3.63, 3.8) is 0 Å². The van der Waals surface area contributed by atoms with Crippen molar-refractivity contribution >= 4 is 0 Å². The molecule has 54 heavy (non-hydrogen) atoms. The van der Waals surface area contributed by atoms with Gasteiger partial charge in [-0.3, -0.25) is 14.7 Å². The highest BCUT2D eigenvalue weighted by atomic mass is 15.1. The topological polar surface area (TPSA) is 9.72 Å². The molecule has 0 bridgehead atoms. The first-order valence-corrected chi connectivity index (χ1v) is 20.4. The van der Waals surface area contributed by atoms with Gasteiger partial charge in [0, 0.05) is 37.8 Å². The highest BCUT2D eigenvalue weighted by Gasteiger charge is 2.41. The Labute approximate surface area is 319 Å². The van der Waals surface area contributed by atoms with Crippen LogP contribution in [0.2, 0.25) is 0 Å². The van der Waals surface area contributed by atoms with Gasteiger partial charge in [-0.25, -0.2) is 0 Å². The molecular weight excluding hydrogens is 655 g/mol. The van der Waals surface area contributed by atoms with Crippen molar-refractivity contribution in [2.24, 2.45) is 0 Å². The average Bonchev–Trinajstić information content (AvgIpc) is 3.21. The van der Waals surface area contributed by atoms with Gasteiger partial charge >= 0.3 is 0 Å². The number of nitrogens with zero attached hydrogens (tertiary/aromatic N) is 3. The molecule has 0 saturated carbocycles. The standard InChI is InChI=1S/C51H47N3/c1-52-23-20-30-16-18-39(48-36-13-7-4-10-32(36)27-42(52)45(30)48)41-26-35-22-25-54(3)44-29-34-12-6-9-15-38(34)51(47(35)44)50(41)40-19-17-31-21-24-53(2)43-28-33-11-5-8-14-37(33)49(40)46(31)43/h4-19,26,42-44H,20-25,27-29H2,1-3H3. The summed E-state index contributed by atoms with van der Waals surface area (Å²) in [5, 5.41) is 0. The van der Waals surface area contributed by atoms with Gasteiger partial charge in [-0.1, -0.05) is 103 Å². The fraction of sp³-hybridized carbons (Fsp3) is 0.294. The zero-order valence-corrected chi connectivity index (χ0v) is 31.8.